The molecule has 5 heteroatoms. The predicted octanol–water partition coefficient (Wildman–Crippen LogP) is 1.64. The van der Waals surface area contributed by atoms with E-state index in [0.29, 0.717) is 19.8 Å². The van der Waals surface area contributed by atoms with Crippen LogP contribution in [0.3, 0.4) is 0 Å². The van der Waals surface area contributed by atoms with E-state index >= 15 is 0 Å². The maximum atomic E-state index is 5.50. The van der Waals surface area contributed by atoms with Gasteiger partial charge in [0.05, 0.1) is 19.8 Å². The number of ether oxygens (including phenoxy) is 2. The summed E-state index contributed by atoms with van der Waals surface area (Å²) in [6.07, 6.45) is 2.67. The molecule has 0 bridgehead atoms. The Labute approximate surface area is 111 Å². The Morgan fingerprint density at radius 3 is 2.82 bits per heavy atom. The fraction of sp³-hybridized carbons (Fsp3) is 0.583. The van der Waals surface area contributed by atoms with Crippen LogP contribution in [0.4, 0.5) is 0 Å². The summed E-state index contributed by atoms with van der Waals surface area (Å²) < 4.78 is 11.4. The van der Waals surface area contributed by atoms with Crippen molar-refractivity contribution in [2.75, 3.05) is 34.0 Å². The van der Waals surface area contributed by atoms with E-state index in [9.17, 15) is 0 Å². The first kappa shape index (κ1) is 14.6. The molecule has 1 heterocycles. The van der Waals surface area contributed by atoms with E-state index in [1.807, 2.05) is 25.4 Å². The number of nitrogens with zero attached hydrogens (tertiary/aromatic N) is 1. The number of hydrogen-bond acceptors (Lipinski definition) is 4. The van der Waals surface area contributed by atoms with Crippen molar-refractivity contribution in [3.8, 4) is 0 Å². The zero-order valence-corrected chi connectivity index (χ0v) is 11.9. The molecule has 0 aliphatic rings. The standard InChI is InChI=1S/C12H19BrN2O2/c1-14-12(9-17-6-5-16-2)7-11-4-3-10(13)8-15-11/h3-4,8,12,14H,5-7,9H2,1-2H3. The highest BCUT2D eigenvalue weighted by Gasteiger charge is 2.08. The van der Waals surface area contributed by atoms with Gasteiger partial charge in [-0.15, -0.1) is 0 Å². The van der Waals surface area contributed by atoms with Gasteiger partial charge in [-0.25, -0.2) is 0 Å². The van der Waals surface area contributed by atoms with Crippen LogP contribution in [0.25, 0.3) is 0 Å². The molecule has 1 aromatic heterocycles. The van der Waals surface area contributed by atoms with Crippen molar-refractivity contribution in [1.29, 1.82) is 0 Å². The lowest BCUT2D eigenvalue weighted by Crippen LogP contribution is -2.33. The van der Waals surface area contributed by atoms with E-state index in [2.05, 4.69) is 26.2 Å². The number of likely N-dealkylation sites (N-methyl/N-ethyl adjacent to an activating group) is 1. The molecule has 0 aliphatic heterocycles. The number of halogens is 1. The SMILES string of the molecule is CNC(COCCOC)Cc1ccc(Br)cn1. The molecule has 0 saturated carbocycles. The zero-order valence-electron chi connectivity index (χ0n) is 10.3. The zero-order chi connectivity index (χ0) is 12.5. The first-order valence-electron chi connectivity index (χ1n) is 5.60. The van der Waals surface area contributed by atoms with E-state index < -0.39 is 0 Å². The van der Waals surface area contributed by atoms with Crippen molar-refractivity contribution >= 4 is 15.9 Å². The summed E-state index contributed by atoms with van der Waals surface area (Å²) >= 11 is 3.37. The Kier molecular flexibility index (Phi) is 7.35. The molecule has 0 aliphatic carbocycles. The Morgan fingerprint density at radius 1 is 1.41 bits per heavy atom. The number of methoxy groups -OCH3 is 1. The normalized spacial score (nSPS) is 12.6. The Bertz CT molecular complexity index is 306. The van der Waals surface area contributed by atoms with Gasteiger partial charge in [-0.3, -0.25) is 4.98 Å². The molecule has 0 fully saturated rings. The number of pyridine rings is 1. The summed E-state index contributed by atoms with van der Waals surface area (Å²) in [5, 5.41) is 3.22. The fourth-order valence-corrected chi connectivity index (χ4v) is 1.63. The first-order valence-corrected chi connectivity index (χ1v) is 6.40. The third kappa shape index (κ3) is 6.12. The van der Waals surface area contributed by atoms with Gasteiger partial charge in [-0.2, -0.15) is 0 Å². The predicted molar refractivity (Wildman–Crippen MR) is 71.2 cm³/mol. The molecule has 0 aromatic carbocycles. The van der Waals surface area contributed by atoms with Gasteiger partial charge in [-0.1, -0.05) is 0 Å². The van der Waals surface area contributed by atoms with Gasteiger partial charge in [0.15, 0.2) is 0 Å². The largest absolute Gasteiger partial charge is 0.382 e. The Morgan fingerprint density at radius 2 is 2.24 bits per heavy atom. The first-order chi connectivity index (χ1) is 8.26. The van der Waals surface area contributed by atoms with Crippen LogP contribution in [-0.2, 0) is 15.9 Å². The second kappa shape index (κ2) is 8.58. The Balaban J connectivity index is 2.33. The molecule has 0 radical (unpaired) electrons. The van der Waals surface area contributed by atoms with Gasteiger partial charge in [0.2, 0.25) is 0 Å². The van der Waals surface area contributed by atoms with Crippen molar-refractivity contribution in [1.82, 2.24) is 10.3 Å². The minimum Gasteiger partial charge on any atom is -0.382 e. The average Bonchev–Trinajstić information content (AvgIpc) is 2.35. The smallest absolute Gasteiger partial charge is 0.0701 e. The third-order valence-corrected chi connectivity index (χ3v) is 2.87. The van der Waals surface area contributed by atoms with E-state index in [0.717, 1.165) is 16.6 Å². The molecular weight excluding hydrogens is 284 g/mol. The number of nitrogens with one attached hydrogen (secondary N) is 1. The lowest BCUT2D eigenvalue weighted by Gasteiger charge is -2.15. The van der Waals surface area contributed by atoms with Gasteiger partial charge >= 0.3 is 0 Å². The number of hydrogen-bond donors (Lipinski definition) is 1. The van der Waals surface area contributed by atoms with Gasteiger partial charge in [-0.05, 0) is 35.1 Å². The van der Waals surface area contributed by atoms with Crippen LogP contribution < -0.4 is 5.32 Å². The van der Waals surface area contributed by atoms with Gasteiger partial charge in [0.25, 0.3) is 0 Å². The second-order valence-electron chi connectivity index (χ2n) is 3.73. The second-order valence-corrected chi connectivity index (χ2v) is 4.64. The van der Waals surface area contributed by atoms with Crippen molar-refractivity contribution < 1.29 is 9.47 Å². The van der Waals surface area contributed by atoms with Crippen LogP contribution in [-0.4, -0.2) is 45.0 Å². The van der Waals surface area contributed by atoms with Gasteiger partial charge < -0.3 is 14.8 Å². The van der Waals surface area contributed by atoms with Crippen LogP contribution >= 0.6 is 15.9 Å². The molecule has 1 unspecified atom stereocenters. The summed E-state index contributed by atoms with van der Waals surface area (Å²) in [7, 11) is 3.61. The molecule has 1 atom stereocenters. The molecule has 0 saturated heterocycles. The summed E-state index contributed by atoms with van der Waals surface area (Å²) in [6, 6.07) is 4.30. The highest BCUT2D eigenvalue weighted by molar-refractivity contribution is 9.10. The average molecular weight is 303 g/mol. The van der Waals surface area contributed by atoms with Crippen LogP contribution in [0.5, 0.6) is 0 Å². The topological polar surface area (TPSA) is 43.4 Å². The van der Waals surface area contributed by atoms with E-state index in [1.165, 1.54) is 0 Å². The molecule has 0 spiro atoms. The van der Waals surface area contributed by atoms with Crippen molar-refractivity contribution in [3.05, 3.63) is 28.5 Å². The molecule has 1 aromatic rings. The molecular formula is C12H19BrN2O2. The fourth-order valence-electron chi connectivity index (χ4n) is 1.39. The highest BCUT2D eigenvalue weighted by Crippen LogP contribution is 2.08. The lowest BCUT2D eigenvalue weighted by molar-refractivity contribution is 0.0596. The number of aromatic nitrogens is 1. The molecule has 1 N–H and O–H groups in total. The van der Waals surface area contributed by atoms with Crippen molar-refractivity contribution in [3.63, 3.8) is 0 Å². The van der Waals surface area contributed by atoms with Crippen LogP contribution in [0.1, 0.15) is 5.69 Å². The summed E-state index contributed by atoms with van der Waals surface area (Å²) in [5.41, 5.74) is 1.06. The maximum absolute atomic E-state index is 5.50. The molecule has 17 heavy (non-hydrogen) atoms. The van der Waals surface area contributed by atoms with E-state index in [1.54, 1.807) is 7.11 Å². The molecule has 0 amide bonds. The molecule has 1 rings (SSSR count). The lowest BCUT2D eigenvalue weighted by atomic mass is 10.1. The minimum atomic E-state index is 0.278. The summed E-state index contributed by atoms with van der Waals surface area (Å²) in [4.78, 5) is 4.34. The van der Waals surface area contributed by atoms with E-state index in [-0.39, 0.29) is 6.04 Å². The highest BCUT2D eigenvalue weighted by atomic mass is 79.9. The van der Waals surface area contributed by atoms with Crippen molar-refractivity contribution in [2.45, 2.75) is 12.5 Å². The van der Waals surface area contributed by atoms with Gasteiger partial charge in [0.1, 0.15) is 0 Å². The van der Waals surface area contributed by atoms with Crippen molar-refractivity contribution in [2.24, 2.45) is 0 Å². The van der Waals surface area contributed by atoms with Gasteiger partial charge in [0, 0.05) is 35.9 Å². The molecule has 96 valence electrons. The Hall–Kier alpha value is -0.490. The van der Waals surface area contributed by atoms with Crippen LogP contribution in [0.2, 0.25) is 0 Å². The maximum Gasteiger partial charge on any atom is 0.0701 e. The summed E-state index contributed by atoms with van der Waals surface area (Å²) in [6.45, 7) is 1.92. The van der Waals surface area contributed by atoms with Crippen LogP contribution in [0, 0.1) is 0 Å². The molecule has 4 nitrogen and oxygen atoms in total. The van der Waals surface area contributed by atoms with E-state index in [4.69, 9.17) is 9.47 Å². The quantitative estimate of drug-likeness (QED) is 0.742. The third-order valence-electron chi connectivity index (χ3n) is 2.40. The summed E-state index contributed by atoms with van der Waals surface area (Å²) in [5.74, 6) is 0. The minimum absolute atomic E-state index is 0.278. The monoisotopic (exact) mass is 302 g/mol. The number of rotatable bonds is 8. The van der Waals surface area contributed by atoms with Crippen LogP contribution in [0.15, 0.2) is 22.8 Å².